The summed E-state index contributed by atoms with van der Waals surface area (Å²) in [4.78, 5) is 49.8. The molecule has 1 saturated heterocycles. The van der Waals surface area contributed by atoms with Crippen molar-refractivity contribution in [1.29, 1.82) is 0 Å². The Hall–Kier alpha value is -4.17. The normalized spacial score (nSPS) is 15.2. The number of barbiturate groups is 1. The van der Waals surface area contributed by atoms with Crippen molar-refractivity contribution in [2.45, 2.75) is 6.92 Å². The van der Waals surface area contributed by atoms with Gasteiger partial charge in [0.15, 0.2) is 0 Å². The van der Waals surface area contributed by atoms with E-state index in [2.05, 4.69) is 5.32 Å². The Morgan fingerprint density at radius 1 is 1.09 bits per heavy atom. The maximum Gasteiger partial charge on any atom is 0.337 e. The number of hydrogen-bond donors (Lipinski definition) is 2. The van der Waals surface area contributed by atoms with Gasteiger partial charge in [0, 0.05) is 5.56 Å². The molecule has 9 heteroatoms. The van der Waals surface area contributed by atoms with E-state index in [0.29, 0.717) is 17.0 Å². The Bertz CT molecular complexity index is 1320. The summed E-state index contributed by atoms with van der Waals surface area (Å²) in [5, 5.41) is 11.5. The Morgan fingerprint density at radius 2 is 1.88 bits per heavy atom. The van der Waals surface area contributed by atoms with Crippen molar-refractivity contribution in [1.82, 2.24) is 5.32 Å². The summed E-state index contributed by atoms with van der Waals surface area (Å²) in [6.45, 7) is 1.81. The van der Waals surface area contributed by atoms with Crippen LogP contribution in [0.1, 0.15) is 21.7 Å². The second-order valence-electron chi connectivity index (χ2n) is 7.00. The average Bonchev–Trinajstić information content (AvgIpc) is 3.20. The van der Waals surface area contributed by atoms with Crippen LogP contribution in [0.5, 0.6) is 0 Å². The zero-order chi connectivity index (χ0) is 23.0. The number of imide groups is 2. The van der Waals surface area contributed by atoms with E-state index >= 15 is 0 Å². The molecule has 0 aliphatic carbocycles. The molecule has 0 atom stereocenters. The van der Waals surface area contributed by atoms with Crippen molar-refractivity contribution in [3.05, 3.63) is 82.1 Å². The van der Waals surface area contributed by atoms with Crippen LogP contribution in [0.25, 0.3) is 17.4 Å². The molecule has 3 aromatic rings. The molecular formula is C23H15ClN2O6. The molecule has 32 heavy (non-hydrogen) atoms. The lowest BCUT2D eigenvalue weighted by molar-refractivity contribution is -0.122. The average molecular weight is 451 g/mol. The molecule has 8 nitrogen and oxygen atoms in total. The Morgan fingerprint density at radius 3 is 2.59 bits per heavy atom. The fourth-order valence-corrected chi connectivity index (χ4v) is 3.43. The summed E-state index contributed by atoms with van der Waals surface area (Å²) in [5.41, 5.74) is 1.25. The lowest BCUT2D eigenvalue weighted by atomic mass is 10.1. The summed E-state index contributed by atoms with van der Waals surface area (Å²) < 4.78 is 5.68. The number of anilines is 1. The first-order chi connectivity index (χ1) is 15.2. The van der Waals surface area contributed by atoms with E-state index in [1.165, 1.54) is 24.3 Å². The van der Waals surface area contributed by atoms with Gasteiger partial charge in [-0.3, -0.25) is 14.9 Å². The molecule has 4 amide bonds. The molecule has 2 heterocycles. The summed E-state index contributed by atoms with van der Waals surface area (Å²) in [5.74, 6) is -2.34. The van der Waals surface area contributed by atoms with E-state index in [-0.39, 0.29) is 21.9 Å². The molecule has 0 unspecified atom stereocenters. The maximum absolute atomic E-state index is 13.0. The van der Waals surface area contributed by atoms with Gasteiger partial charge in [0.05, 0.1) is 16.3 Å². The molecule has 0 radical (unpaired) electrons. The predicted molar refractivity (Wildman–Crippen MR) is 116 cm³/mol. The number of carboxylic acid groups (broad SMARTS) is 1. The first-order valence-electron chi connectivity index (χ1n) is 9.36. The number of amides is 4. The molecule has 1 aliphatic rings. The van der Waals surface area contributed by atoms with Gasteiger partial charge in [0.25, 0.3) is 11.8 Å². The highest BCUT2D eigenvalue weighted by atomic mass is 35.5. The Labute approximate surface area is 186 Å². The van der Waals surface area contributed by atoms with Crippen LogP contribution < -0.4 is 10.2 Å². The van der Waals surface area contributed by atoms with Gasteiger partial charge in [-0.1, -0.05) is 23.7 Å². The summed E-state index contributed by atoms with van der Waals surface area (Å²) in [6.07, 6.45) is 1.23. The van der Waals surface area contributed by atoms with E-state index in [1.54, 1.807) is 30.3 Å². The van der Waals surface area contributed by atoms with Crippen LogP contribution in [-0.4, -0.2) is 28.9 Å². The van der Waals surface area contributed by atoms with Crippen molar-refractivity contribution in [2.75, 3.05) is 4.90 Å². The largest absolute Gasteiger partial charge is 0.478 e. The number of furan rings is 1. The molecule has 0 bridgehead atoms. The zero-order valence-corrected chi connectivity index (χ0v) is 17.3. The van der Waals surface area contributed by atoms with E-state index in [9.17, 15) is 24.3 Å². The number of halogens is 1. The standard InChI is InChI=1S/C23H15ClN2O6/c1-12-3-2-4-14(9-12)26-21(28)17(20(27)25-23(26)31)11-15-6-8-19(32-15)13-5-7-18(24)16(10-13)22(29)30/h2-11H,1H3,(H,29,30)(H,25,27,31)/b17-11+. The van der Waals surface area contributed by atoms with Gasteiger partial charge in [0.1, 0.15) is 17.1 Å². The number of nitrogens with one attached hydrogen (secondary N) is 1. The molecule has 4 rings (SSSR count). The molecule has 1 aromatic heterocycles. The third-order valence-electron chi connectivity index (χ3n) is 4.76. The SMILES string of the molecule is Cc1cccc(N2C(=O)NC(=O)/C(=C\c3ccc(-c4ccc(Cl)c(C(=O)O)c4)o3)C2=O)c1. The van der Waals surface area contributed by atoms with Crippen LogP contribution in [0, 0.1) is 6.92 Å². The van der Waals surface area contributed by atoms with Gasteiger partial charge in [0.2, 0.25) is 0 Å². The second kappa shape index (κ2) is 8.16. The van der Waals surface area contributed by atoms with Crippen molar-refractivity contribution >= 4 is 47.2 Å². The van der Waals surface area contributed by atoms with E-state index in [1.807, 2.05) is 13.0 Å². The van der Waals surface area contributed by atoms with Crippen LogP contribution in [0.4, 0.5) is 10.5 Å². The van der Waals surface area contributed by atoms with Crippen LogP contribution in [-0.2, 0) is 9.59 Å². The highest BCUT2D eigenvalue weighted by Crippen LogP contribution is 2.29. The van der Waals surface area contributed by atoms with Gasteiger partial charge in [-0.15, -0.1) is 0 Å². The highest BCUT2D eigenvalue weighted by molar-refractivity contribution is 6.39. The van der Waals surface area contributed by atoms with E-state index in [0.717, 1.165) is 10.5 Å². The number of carboxylic acids is 1. The molecule has 2 aromatic carbocycles. The zero-order valence-electron chi connectivity index (χ0n) is 16.6. The van der Waals surface area contributed by atoms with Crippen LogP contribution in [0.3, 0.4) is 0 Å². The van der Waals surface area contributed by atoms with Gasteiger partial charge >= 0.3 is 12.0 Å². The van der Waals surface area contributed by atoms with Gasteiger partial charge < -0.3 is 9.52 Å². The monoisotopic (exact) mass is 450 g/mol. The number of carbonyl (C=O) groups is 4. The molecule has 1 aliphatic heterocycles. The number of urea groups is 1. The molecule has 2 N–H and O–H groups in total. The minimum atomic E-state index is -1.18. The van der Waals surface area contributed by atoms with E-state index in [4.69, 9.17) is 16.0 Å². The maximum atomic E-state index is 13.0. The minimum absolute atomic E-state index is 0.0838. The molecule has 1 fully saturated rings. The number of hydrogen-bond acceptors (Lipinski definition) is 5. The third-order valence-corrected chi connectivity index (χ3v) is 5.09. The first kappa shape index (κ1) is 21.1. The minimum Gasteiger partial charge on any atom is -0.478 e. The second-order valence-corrected chi connectivity index (χ2v) is 7.41. The summed E-state index contributed by atoms with van der Waals surface area (Å²) in [6, 6.07) is 13.4. The topological polar surface area (TPSA) is 117 Å². The Balaban J connectivity index is 1.68. The van der Waals surface area contributed by atoms with Gasteiger partial charge in [-0.2, -0.15) is 0 Å². The van der Waals surface area contributed by atoms with Crippen molar-refractivity contribution in [3.8, 4) is 11.3 Å². The number of aromatic carboxylic acids is 1. The number of aryl methyl sites for hydroxylation is 1. The lowest BCUT2D eigenvalue weighted by Gasteiger charge is -2.26. The highest BCUT2D eigenvalue weighted by Gasteiger charge is 2.37. The quantitative estimate of drug-likeness (QED) is 0.452. The molecule has 160 valence electrons. The van der Waals surface area contributed by atoms with Crippen molar-refractivity contribution in [2.24, 2.45) is 0 Å². The summed E-state index contributed by atoms with van der Waals surface area (Å²) >= 11 is 5.90. The van der Waals surface area contributed by atoms with E-state index < -0.39 is 23.8 Å². The van der Waals surface area contributed by atoms with Crippen LogP contribution in [0.2, 0.25) is 5.02 Å². The first-order valence-corrected chi connectivity index (χ1v) is 9.73. The number of carbonyl (C=O) groups excluding carboxylic acids is 3. The Kier molecular flexibility index (Phi) is 5.38. The van der Waals surface area contributed by atoms with Crippen molar-refractivity contribution in [3.63, 3.8) is 0 Å². The van der Waals surface area contributed by atoms with Gasteiger partial charge in [-0.25, -0.2) is 14.5 Å². The summed E-state index contributed by atoms with van der Waals surface area (Å²) in [7, 11) is 0. The molecule has 0 saturated carbocycles. The lowest BCUT2D eigenvalue weighted by Crippen LogP contribution is -2.54. The fourth-order valence-electron chi connectivity index (χ4n) is 3.23. The van der Waals surface area contributed by atoms with Crippen LogP contribution in [0.15, 0.2) is 64.6 Å². The number of rotatable bonds is 4. The van der Waals surface area contributed by atoms with Crippen LogP contribution >= 0.6 is 11.6 Å². The third kappa shape index (κ3) is 3.91. The van der Waals surface area contributed by atoms with Crippen molar-refractivity contribution < 1.29 is 28.7 Å². The van der Waals surface area contributed by atoms with Gasteiger partial charge in [-0.05, 0) is 61.0 Å². The number of benzene rings is 2. The molecular weight excluding hydrogens is 436 g/mol. The molecule has 0 spiro atoms. The fraction of sp³-hybridized carbons (Fsp3) is 0.0435. The smallest absolute Gasteiger partial charge is 0.337 e. The predicted octanol–water partition coefficient (Wildman–Crippen LogP) is 4.27. The number of nitrogens with zero attached hydrogens (tertiary/aromatic N) is 1.